The van der Waals surface area contributed by atoms with Gasteiger partial charge < -0.3 is 14.5 Å². The van der Waals surface area contributed by atoms with Crippen LogP contribution >= 0.6 is 0 Å². The fraction of sp³-hybridized carbons (Fsp3) is 0.417. The summed E-state index contributed by atoms with van der Waals surface area (Å²) in [7, 11) is 2.10. The van der Waals surface area contributed by atoms with Crippen molar-refractivity contribution in [1.29, 1.82) is 0 Å². The molecule has 0 bridgehead atoms. The summed E-state index contributed by atoms with van der Waals surface area (Å²) < 4.78 is 6.21. The molecule has 2 aromatic rings. The number of likely N-dealkylation sites (N-methyl/N-ethyl adjacent to an activating group) is 2. The molecule has 4 rings (SSSR count). The van der Waals surface area contributed by atoms with Crippen LogP contribution in [0.1, 0.15) is 40.5 Å². The number of para-hydroxylation sites is 2. The van der Waals surface area contributed by atoms with Crippen LogP contribution in [0.4, 0.5) is 5.69 Å². The van der Waals surface area contributed by atoms with E-state index in [2.05, 4.69) is 29.8 Å². The molecular formula is C24H29N3O3. The van der Waals surface area contributed by atoms with Gasteiger partial charge in [-0.1, -0.05) is 24.3 Å². The van der Waals surface area contributed by atoms with Crippen molar-refractivity contribution in [2.45, 2.75) is 25.9 Å². The fourth-order valence-electron chi connectivity index (χ4n) is 4.31. The molecule has 2 aliphatic heterocycles. The number of nitrogens with zero attached hydrogens (tertiary/aromatic N) is 3. The minimum atomic E-state index is -0.169. The number of unbranched alkanes of at least 4 members (excludes halogenated alkanes) is 1. The van der Waals surface area contributed by atoms with E-state index in [1.165, 1.54) is 10.6 Å². The lowest BCUT2D eigenvalue weighted by molar-refractivity contribution is 0.0650. The summed E-state index contributed by atoms with van der Waals surface area (Å²) >= 11 is 0. The van der Waals surface area contributed by atoms with Gasteiger partial charge in [0.1, 0.15) is 11.9 Å². The Morgan fingerprint density at radius 1 is 1.00 bits per heavy atom. The maximum Gasteiger partial charge on any atom is 0.261 e. The second-order valence-corrected chi connectivity index (χ2v) is 8.02. The molecule has 2 aliphatic rings. The van der Waals surface area contributed by atoms with Gasteiger partial charge in [-0.05, 0) is 57.6 Å². The number of rotatable bonds is 8. The Morgan fingerprint density at radius 3 is 2.37 bits per heavy atom. The standard InChI is InChI=1S/C24H29N3O3/c1-3-26-17-18(30-22-13-7-6-12-21(22)26)16-25(2)14-8-9-15-27-23(28)19-10-4-5-11-20(19)24(27)29/h4-7,10-13,18H,3,8-9,14-17H2,1-2H3/t18-/m1/s1. The number of hydrogen-bond donors (Lipinski definition) is 0. The predicted octanol–water partition coefficient (Wildman–Crippen LogP) is 3.28. The van der Waals surface area contributed by atoms with Gasteiger partial charge in [0.05, 0.1) is 23.4 Å². The Kier molecular flexibility index (Phi) is 6.04. The largest absolute Gasteiger partial charge is 0.485 e. The number of amides is 2. The second-order valence-electron chi connectivity index (χ2n) is 8.02. The summed E-state index contributed by atoms with van der Waals surface area (Å²) in [5.74, 6) is 0.616. The first-order chi connectivity index (χ1) is 14.6. The maximum absolute atomic E-state index is 12.4. The molecule has 0 radical (unpaired) electrons. The van der Waals surface area contributed by atoms with E-state index in [0.717, 1.165) is 44.8 Å². The van der Waals surface area contributed by atoms with Crippen molar-refractivity contribution in [3.05, 3.63) is 59.7 Å². The normalized spacial score (nSPS) is 17.9. The molecule has 0 spiro atoms. The Bertz CT molecular complexity index is 894. The third-order valence-corrected chi connectivity index (χ3v) is 5.87. The van der Waals surface area contributed by atoms with Crippen LogP contribution in [0, 0.1) is 0 Å². The van der Waals surface area contributed by atoms with Crippen molar-refractivity contribution in [2.24, 2.45) is 0 Å². The van der Waals surface area contributed by atoms with Crippen LogP contribution in [0.3, 0.4) is 0 Å². The molecule has 0 aromatic heterocycles. The van der Waals surface area contributed by atoms with Gasteiger partial charge in [0.2, 0.25) is 0 Å². The van der Waals surface area contributed by atoms with Crippen LogP contribution < -0.4 is 9.64 Å². The summed E-state index contributed by atoms with van der Waals surface area (Å²) in [4.78, 5) is 30.9. The van der Waals surface area contributed by atoms with E-state index in [9.17, 15) is 9.59 Å². The zero-order chi connectivity index (χ0) is 21.1. The lowest BCUT2D eigenvalue weighted by atomic mass is 10.1. The highest BCUT2D eigenvalue weighted by molar-refractivity contribution is 6.21. The lowest BCUT2D eigenvalue weighted by Gasteiger charge is -2.37. The van der Waals surface area contributed by atoms with E-state index in [1.807, 2.05) is 18.2 Å². The molecule has 2 heterocycles. The Balaban J connectivity index is 1.23. The number of carbonyl (C=O) groups is 2. The number of benzene rings is 2. The molecule has 0 saturated carbocycles. The number of anilines is 1. The molecule has 158 valence electrons. The monoisotopic (exact) mass is 407 g/mol. The topological polar surface area (TPSA) is 53.1 Å². The third-order valence-electron chi connectivity index (χ3n) is 5.87. The molecule has 0 N–H and O–H groups in total. The summed E-state index contributed by atoms with van der Waals surface area (Å²) in [5.41, 5.74) is 2.21. The van der Waals surface area contributed by atoms with Crippen molar-refractivity contribution in [1.82, 2.24) is 9.80 Å². The molecule has 1 atom stereocenters. The fourth-order valence-corrected chi connectivity index (χ4v) is 4.31. The van der Waals surface area contributed by atoms with E-state index >= 15 is 0 Å². The lowest BCUT2D eigenvalue weighted by Crippen LogP contribution is -2.45. The zero-order valence-electron chi connectivity index (χ0n) is 17.7. The summed E-state index contributed by atoms with van der Waals surface area (Å²) in [6, 6.07) is 15.3. The van der Waals surface area contributed by atoms with E-state index in [4.69, 9.17) is 4.74 Å². The van der Waals surface area contributed by atoms with Crippen molar-refractivity contribution >= 4 is 17.5 Å². The molecule has 2 aromatic carbocycles. The van der Waals surface area contributed by atoms with Gasteiger partial charge in [-0.2, -0.15) is 0 Å². The minimum absolute atomic E-state index is 0.126. The Morgan fingerprint density at radius 2 is 1.67 bits per heavy atom. The third kappa shape index (κ3) is 4.05. The van der Waals surface area contributed by atoms with Crippen LogP contribution in [0.15, 0.2) is 48.5 Å². The number of carbonyl (C=O) groups excluding carboxylic acids is 2. The van der Waals surface area contributed by atoms with Crippen molar-refractivity contribution in [3.8, 4) is 5.75 Å². The average molecular weight is 408 g/mol. The van der Waals surface area contributed by atoms with Gasteiger partial charge >= 0.3 is 0 Å². The second kappa shape index (κ2) is 8.88. The van der Waals surface area contributed by atoms with Crippen LogP contribution in [-0.2, 0) is 0 Å². The van der Waals surface area contributed by atoms with Gasteiger partial charge in [0.25, 0.3) is 11.8 Å². The Hall–Kier alpha value is -2.86. The molecule has 6 heteroatoms. The first-order valence-electron chi connectivity index (χ1n) is 10.7. The van der Waals surface area contributed by atoms with Gasteiger partial charge in [0.15, 0.2) is 0 Å². The molecule has 30 heavy (non-hydrogen) atoms. The molecule has 0 saturated heterocycles. The molecule has 0 aliphatic carbocycles. The Labute approximate surface area is 178 Å². The van der Waals surface area contributed by atoms with E-state index < -0.39 is 0 Å². The highest BCUT2D eigenvalue weighted by atomic mass is 16.5. The number of imide groups is 1. The number of ether oxygens (including phenoxy) is 1. The van der Waals surface area contributed by atoms with Gasteiger partial charge in [-0.25, -0.2) is 0 Å². The summed E-state index contributed by atoms with van der Waals surface area (Å²) in [6.45, 7) is 6.22. The number of hydrogen-bond acceptors (Lipinski definition) is 5. The first kappa shape index (κ1) is 20.4. The van der Waals surface area contributed by atoms with Crippen LogP contribution in [0.2, 0.25) is 0 Å². The van der Waals surface area contributed by atoms with Gasteiger partial charge in [0, 0.05) is 19.6 Å². The predicted molar refractivity (Wildman–Crippen MR) is 117 cm³/mol. The van der Waals surface area contributed by atoms with E-state index in [0.29, 0.717) is 17.7 Å². The van der Waals surface area contributed by atoms with Crippen LogP contribution in [-0.4, -0.2) is 67.5 Å². The van der Waals surface area contributed by atoms with E-state index in [-0.39, 0.29) is 17.9 Å². The highest BCUT2D eigenvalue weighted by Crippen LogP contribution is 2.32. The average Bonchev–Trinajstić information content (AvgIpc) is 3.01. The summed E-state index contributed by atoms with van der Waals surface area (Å²) in [5, 5.41) is 0. The van der Waals surface area contributed by atoms with E-state index in [1.54, 1.807) is 24.3 Å². The van der Waals surface area contributed by atoms with Gasteiger partial charge in [-0.3, -0.25) is 14.5 Å². The van der Waals surface area contributed by atoms with Crippen molar-refractivity contribution in [2.75, 3.05) is 44.7 Å². The molecule has 0 fully saturated rings. The minimum Gasteiger partial charge on any atom is -0.485 e. The van der Waals surface area contributed by atoms with Crippen LogP contribution in [0.5, 0.6) is 5.75 Å². The molecule has 6 nitrogen and oxygen atoms in total. The SMILES string of the molecule is CCN1C[C@@H](CN(C)CCCCN2C(=O)c3ccccc3C2=O)Oc2ccccc21. The smallest absolute Gasteiger partial charge is 0.261 e. The maximum atomic E-state index is 12.4. The quantitative estimate of drug-likeness (QED) is 0.497. The van der Waals surface area contributed by atoms with Crippen molar-refractivity contribution in [3.63, 3.8) is 0 Å². The van der Waals surface area contributed by atoms with Crippen LogP contribution in [0.25, 0.3) is 0 Å². The highest BCUT2D eigenvalue weighted by Gasteiger charge is 2.34. The number of fused-ring (bicyclic) bond motifs is 2. The molecule has 0 unspecified atom stereocenters. The zero-order valence-corrected chi connectivity index (χ0v) is 17.7. The first-order valence-corrected chi connectivity index (χ1v) is 10.7. The van der Waals surface area contributed by atoms with Crippen molar-refractivity contribution < 1.29 is 14.3 Å². The van der Waals surface area contributed by atoms with Gasteiger partial charge in [-0.15, -0.1) is 0 Å². The summed E-state index contributed by atoms with van der Waals surface area (Å²) in [6.07, 6.45) is 1.84. The molecular weight excluding hydrogens is 378 g/mol. The molecule has 2 amide bonds.